The molecule has 0 atom stereocenters. The number of hydrogen-bond acceptors (Lipinski definition) is 8. The van der Waals surface area contributed by atoms with Crippen molar-refractivity contribution in [1.82, 2.24) is 14.8 Å². The number of carbonyl (C=O) groups excluding carboxylic acids is 1. The number of halogens is 1. The van der Waals surface area contributed by atoms with Gasteiger partial charge in [-0.15, -0.1) is 0 Å². The Morgan fingerprint density at radius 3 is 2.50 bits per heavy atom. The first kappa shape index (κ1) is 27.0. The second-order valence-corrected chi connectivity index (χ2v) is 12.0. The Morgan fingerprint density at radius 1 is 1.12 bits per heavy atom. The molecule has 0 bridgehead atoms. The molecule has 0 N–H and O–H groups in total. The smallest absolute Gasteiger partial charge is 0.311 e. The molecule has 3 fully saturated rings. The van der Waals surface area contributed by atoms with E-state index in [1.54, 1.807) is 0 Å². The lowest BCUT2D eigenvalue weighted by Gasteiger charge is -2.45. The van der Waals surface area contributed by atoms with Crippen LogP contribution in [0.25, 0.3) is 11.1 Å². The largest absolute Gasteiger partial charge is 0.493 e. The van der Waals surface area contributed by atoms with Gasteiger partial charge < -0.3 is 19.2 Å². The molecule has 9 heteroatoms. The first-order valence-corrected chi connectivity index (χ1v) is 14.6. The Bertz CT molecular complexity index is 1280. The van der Waals surface area contributed by atoms with E-state index in [0.717, 1.165) is 92.4 Å². The molecular formula is C31H39FN4O4. The van der Waals surface area contributed by atoms with Crippen LogP contribution in [0, 0.1) is 11.2 Å². The third-order valence-electron chi connectivity index (χ3n) is 8.70. The van der Waals surface area contributed by atoms with Crippen molar-refractivity contribution in [3.8, 4) is 16.9 Å². The van der Waals surface area contributed by atoms with Gasteiger partial charge in [0.25, 0.3) is 0 Å². The summed E-state index contributed by atoms with van der Waals surface area (Å²) in [4.78, 5) is 28.1. The van der Waals surface area contributed by atoms with Gasteiger partial charge in [-0.25, -0.2) is 4.39 Å². The van der Waals surface area contributed by atoms with Crippen LogP contribution in [0.1, 0.15) is 70.2 Å². The molecule has 1 spiro atoms. The summed E-state index contributed by atoms with van der Waals surface area (Å²) in [5, 5.41) is 4.48. The molecule has 1 aliphatic carbocycles. The molecule has 0 amide bonds. The number of nitrogens with zero attached hydrogens (tertiary/aromatic N) is 4. The number of ether oxygens (including phenoxy) is 2. The lowest BCUT2D eigenvalue weighted by molar-refractivity contribution is -0.156. The first-order valence-electron chi connectivity index (χ1n) is 14.6. The van der Waals surface area contributed by atoms with E-state index in [2.05, 4.69) is 15.0 Å². The maximum absolute atomic E-state index is 13.6. The minimum Gasteiger partial charge on any atom is -0.493 e. The molecule has 2 saturated heterocycles. The molecule has 3 aliphatic heterocycles. The molecule has 1 aromatic carbocycles. The fraction of sp³-hybridized carbons (Fsp3) is 0.581. The molecule has 1 aromatic heterocycles. The van der Waals surface area contributed by atoms with Gasteiger partial charge >= 0.3 is 5.97 Å². The van der Waals surface area contributed by atoms with Gasteiger partial charge in [0.05, 0.1) is 36.4 Å². The van der Waals surface area contributed by atoms with E-state index in [1.807, 2.05) is 39.0 Å². The summed E-state index contributed by atoms with van der Waals surface area (Å²) < 4.78 is 25.0. The molecule has 214 valence electrons. The number of carbonyl (C=O) groups is 1. The zero-order valence-electron chi connectivity index (χ0n) is 23.7. The fourth-order valence-corrected chi connectivity index (χ4v) is 6.22. The van der Waals surface area contributed by atoms with Gasteiger partial charge in [0.1, 0.15) is 17.4 Å². The predicted octanol–water partition coefficient (Wildman–Crippen LogP) is 5.12. The van der Waals surface area contributed by atoms with Crippen LogP contribution in [-0.4, -0.2) is 71.6 Å². The van der Waals surface area contributed by atoms with Crippen LogP contribution in [0.15, 0.2) is 35.5 Å². The monoisotopic (exact) mass is 550 g/mol. The number of amidine groups is 1. The number of pyridine rings is 1. The average molecular weight is 551 g/mol. The van der Waals surface area contributed by atoms with E-state index in [9.17, 15) is 9.18 Å². The summed E-state index contributed by atoms with van der Waals surface area (Å²) in [7, 11) is 0. The summed E-state index contributed by atoms with van der Waals surface area (Å²) in [5.41, 5.74) is 3.28. The van der Waals surface area contributed by atoms with Crippen LogP contribution in [0.3, 0.4) is 0 Å². The van der Waals surface area contributed by atoms with Gasteiger partial charge in [0.2, 0.25) is 0 Å². The lowest BCUT2D eigenvalue weighted by Crippen LogP contribution is -2.61. The van der Waals surface area contributed by atoms with Gasteiger partial charge in [0, 0.05) is 50.3 Å². The molecule has 0 unspecified atom stereocenters. The minimum atomic E-state index is -0.420. The Balaban J connectivity index is 1.09. The maximum atomic E-state index is 13.6. The average Bonchev–Trinajstić information content (AvgIpc) is 3.68. The Labute approximate surface area is 235 Å². The van der Waals surface area contributed by atoms with Crippen LogP contribution in [0.4, 0.5) is 4.39 Å². The Hall–Kier alpha value is -3.20. The van der Waals surface area contributed by atoms with E-state index in [-0.39, 0.29) is 17.4 Å². The number of oxime groups is 1. The summed E-state index contributed by atoms with van der Waals surface area (Å²) >= 11 is 0. The molecule has 40 heavy (non-hydrogen) atoms. The second-order valence-electron chi connectivity index (χ2n) is 12.0. The highest BCUT2D eigenvalue weighted by Crippen LogP contribution is 2.47. The third kappa shape index (κ3) is 5.28. The highest BCUT2D eigenvalue weighted by Gasteiger charge is 2.51. The zero-order valence-corrected chi connectivity index (χ0v) is 23.7. The van der Waals surface area contributed by atoms with Gasteiger partial charge in [-0.05, 0) is 64.2 Å². The van der Waals surface area contributed by atoms with Crippen molar-refractivity contribution in [3.05, 3.63) is 47.5 Å². The molecule has 4 heterocycles. The topological polar surface area (TPSA) is 76.5 Å². The number of piperidine rings is 1. The molecule has 8 nitrogen and oxygen atoms in total. The molecule has 6 rings (SSSR count). The molecule has 1 saturated carbocycles. The zero-order chi connectivity index (χ0) is 27.9. The number of benzene rings is 1. The van der Waals surface area contributed by atoms with E-state index in [0.29, 0.717) is 25.7 Å². The first-order chi connectivity index (χ1) is 19.3. The van der Waals surface area contributed by atoms with Crippen molar-refractivity contribution in [3.63, 3.8) is 0 Å². The number of aromatic nitrogens is 1. The number of rotatable bonds is 8. The highest BCUT2D eigenvalue weighted by molar-refractivity contribution is 5.85. The Morgan fingerprint density at radius 2 is 1.85 bits per heavy atom. The lowest BCUT2D eigenvalue weighted by atomic mass is 9.80. The number of hydrogen-bond donors (Lipinski definition) is 0. The fourth-order valence-electron chi connectivity index (χ4n) is 6.22. The number of esters is 1. The van der Waals surface area contributed by atoms with Crippen LogP contribution < -0.4 is 4.74 Å². The second kappa shape index (κ2) is 10.7. The van der Waals surface area contributed by atoms with Gasteiger partial charge in [-0.3, -0.25) is 14.7 Å². The van der Waals surface area contributed by atoms with Crippen LogP contribution in [0.2, 0.25) is 0 Å². The summed E-state index contributed by atoms with van der Waals surface area (Å²) in [5.74, 6) is 1.89. The summed E-state index contributed by atoms with van der Waals surface area (Å²) in [6, 6.07) is 8.67. The molecular weight excluding hydrogens is 511 g/mol. The predicted molar refractivity (Wildman–Crippen MR) is 149 cm³/mol. The summed E-state index contributed by atoms with van der Waals surface area (Å²) in [6.07, 6.45) is 4.54. The van der Waals surface area contributed by atoms with Crippen molar-refractivity contribution in [1.29, 1.82) is 0 Å². The molecule has 2 aromatic rings. The van der Waals surface area contributed by atoms with Crippen molar-refractivity contribution >= 4 is 11.8 Å². The van der Waals surface area contributed by atoms with E-state index < -0.39 is 5.41 Å². The van der Waals surface area contributed by atoms with Crippen LogP contribution >= 0.6 is 0 Å². The van der Waals surface area contributed by atoms with Gasteiger partial charge in [-0.2, -0.15) is 0 Å². The van der Waals surface area contributed by atoms with Crippen LogP contribution in [0.5, 0.6) is 5.75 Å². The minimum absolute atomic E-state index is 0.0954. The number of likely N-dealkylation sites (tertiary alicyclic amines) is 2. The van der Waals surface area contributed by atoms with E-state index in [1.165, 1.54) is 12.1 Å². The van der Waals surface area contributed by atoms with Crippen molar-refractivity contribution in [2.75, 3.05) is 39.4 Å². The quantitative estimate of drug-likeness (QED) is 0.423. The van der Waals surface area contributed by atoms with Gasteiger partial charge in [-0.1, -0.05) is 17.3 Å². The van der Waals surface area contributed by atoms with E-state index >= 15 is 0 Å². The standard InChI is InChI=1S/C31H39FN4O4/c1-4-38-25-16-24(33-28(22-6-7-22)27(25)21-8-10-23(32)11-9-21)18-35-19-31(20-35)17-26(34-40-31)36-14-12-30(3,13-15-36)29(37)39-5-2/h8-11,16,22H,4-7,12-15,17-20H2,1-3H3. The van der Waals surface area contributed by atoms with Gasteiger partial charge in [0.15, 0.2) is 5.60 Å². The maximum Gasteiger partial charge on any atom is 0.311 e. The SMILES string of the molecule is CCOC(=O)C1(C)CCN(C2=NOC3(C2)CN(Cc2cc(OCC)c(-c4ccc(F)cc4)c(C4CC4)n2)C3)CC1. The van der Waals surface area contributed by atoms with Crippen molar-refractivity contribution < 1.29 is 23.5 Å². The highest BCUT2D eigenvalue weighted by atomic mass is 19.1. The van der Waals surface area contributed by atoms with E-state index in [4.69, 9.17) is 19.3 Å². The Kier molecular flexibility index (Phi) is 7.19. The summed E-state index contributed by atoms with van der Waals surface area (Å²) in [6.45, 7) is 10.7. The van der Waals surface area contributed by atoms with Crippen molar-refractivity contribution in [2.24, 2.45) is 10.6 Å². The normalized spacial score (nSPS) is 21.5. The molecule has 0 radical (unpaired) electrons. The van der Waals surface area contributed by atoms with Crippen LogP contribution in [-0.2, 0) is 20.9 Å². The molecule has 4 aliphatic rings. The third-order valence-corrected chi connectivity index (χ3v) is 8.70. The van der Waals surface area contributed by atoms with Crippen molar-refractivity contribution in [2.45, 2.75) is 70.9 Å².